The molecule has 130 valence electrons. The van der Waals surface area contributed by atoms with E-state index in [1.807, 2.05) is 5.32 Å². The van der Waals surface area contributed by atoms with E-state index in [0.717, 1.165) is 5.56 Å². The van der Waals surface area contributed by atoms with Gasteiger partial charge in [-0.05, 0) is 36.8 Å². The number of carbonyl (C=O) groups is 3. The summed E-state index contributed by atoms with van der Waals surface area (Å²) in [7, 11) is 1.56. The molecule has 2 aromatic carbocycles. The lowest BCUT2D eigenvalue weighted by molar-refractivity contribution is -0.139. The van der Waals surface area contributed by atoms with Crippen molar-refractivity contribution in [1.82, 2.24) is 10.6 Å². The van der Waals surface area contributed by atoms with Gasteiger partial charge in [0, 0.05) is 5.69 Å². The van der Waals surface area contributed by atoms with E-state index in [1.165, 1.54) is 12.1 Å². The standard InChI is InChI=1S/C18H19N3O4/c1-11(12-7-9-13(25-2)10-8-12)20-17(23)18(24)21-16(22)14-5-3-4-6-15(14)19/h3-11H,19H2,1-2H3,(H,20,23)(H,21,22,24). The first-order valence-corrected chi connectivity index (χ1v) is 7.57. The smallest absolute Gasteiger partial charge is 0.316 e. The lowest BCUT2D eigenvalue weighted by atomic mass is 10.1. The second-order valence-electron chi connectivity index (χ2n) is 5.34. The van der Waals surface area contributed by atoms with Crippen LogP contribution in [-0.2, 0) is 9.59 Å². The molecule has 0 bridgehead atoms. The highest BCUT2D eigenvalue weighted by Gasteiger charge is 2.20. The average molecular weight is 341 g/mol. The number of rotatable bonds is 4. The van der Waals surface area contributed by atoms with Crippen molar-refractivity contribution < 1.29 is 19.1 Å². The van der Waals surface area contributed by atoms with Crippen molar-refractivity contribution in [3.8, 4) is 5.75 Å². The van der Waals surface area contributed by atoms with Crippen molar-refractivity contribution in [3.05, 3.63) is 59.7 Å². The fourth-order valence-electron chi connectivity index (χ4n) is 2.17. The van der Waals surface area contributed by atoms with Gasteiger partial charge in [0.1, 0.15) is 5.75 Å². The molecule has 25 heavy (non-hydrogen) atoms. The molecule has 0 saturated carbocycles. The van der Waals surface area contributed by atoms with Gasteiger partial charge >= 0.3 is 11.8 Å². The third-order valence-corrected chi connectivity index (χ3v) is 3.60. The summed E-state index contributed by atoms with van der Waals surface area (Å²) in [5, 5.41) is 4.55. The van der Waals surface area contributed by atoms with Gasteiger partial charge in [-0.15, -0.1) is 0 Å². The number of benzene rings is 2. The van der Waals surface area contributed by atoms with Crippen LogP contribution in [0.25, 0.3) is 0 Å². The summed E-state index contributed by atoms with van der Waals surface area (Å²) < 4.78 is 5.06. The molecule has 1 atom stereocenters. The molecule has 2 rings (SSSR count). The second-order valence-corrected chi connectivity index (χ2v) is 5.34. The summed E-state index contributed by atoms with van der Waals surface area (Å²) in [6.07, 6.45) is 0. The van der Waals surface area contributed by atoms with Gasteiger partial charge in [-0.1, -0.05) is 24.3 Å². The van der Waals surface area contributed by atoms with Crippen LogP contribution in [-0.4, -0.2) is 24.8 Å². The summed E-state index contributed by atoms with van der Waals surface area (Å²) in [5.41, 5.74) is 6.82. The molecule has 0 aromatic heterocycles. The molecule has 0 spiro atoms. The van der Waals surface area contributed by atoms with E-state index in [1.54, 1.807) is 50.4 Å². The van der Waals surface area contributed by atoms with Gasteiger partial charge in [0.2, 0.25) is 0 Å². The van der Waals surface area contributed by atoms with Gasteiger partial charge in [0.05, 0.1) is 18.7 Å². The number of methoxy groups -OCH3 is 1. The summed E-state index contributed by atoms with van der Waals surface area (Å²) in [6.45, 7) is 1.73. The lowest BCUT2D eigenvalue weighted by Crippen LogP contribution is -2.43. The van der Waals surface area contributed by atoms with Crippen LogP contribution in [0, 0.1) is 0 Å². The fraction of sp³-hybridized carbons (Fsp3) is 0.167. The molecule has 0 fully saturated rings. The first kappa shape index (κ1) is 18.0. The summed E-state index contributed by atoms with van der Waals surface area (Å²) >= 11 is 0. The van der Waals surface area contributed by atoms with E-state index in [-0.39, 0.29) is 11.3 Å². The van der Waals surface area contributed by atoms with E-state index >= 15 is 0 Å². The maximum Gasteiger partial charge on any atom is 0.316 e. The summed E-state index contributed by atoms with van der Waals surface area (Å²) in [4.78, 5) is 35.9. The van der Waals surface area contributed by atoms with Crippen molar-refractivity contribution in [3.63, 3.8) is 0 Å². The van der Waals surface area contributed by atoms with Gasteiger partial charge in [-0.3, -0.25) is 19.7 Å². The predicted octanol–water partition coefficient (Wildman–Crippen LogP) is 1.41. The van der Waals surface area contributed by atoms with Crippen LogP contribution in [0.4, 0.5) is 5.69 Å². The Morgan fingerprint density at radius 3 is 2.24 bits per heavy atom. The van der Waals surface area contributed by atoms with Gasteiger partial charge in [-0.25, -0.2) is 0 Å². The predicted molar refractivity (Wildman–Crippen MR) is 92.9 cm³/mol. The molecule has 1 unspecified atom stereocenters. The van der Waals surface area contributed by atoms with Crippen LogP contribution in [0.3, 0.4) is 0 Å². The van der Waals surface area contributed by atoms with E-state index in [2.05, 4.69) is 5.32 Å². The molecule has 0 aliphatic carbocycles. The first-order chi connectivity index (χ1) is 11.9. The largest absolute Gasteiger partial charge is 0.497 e. The van der Waals surface area contributed by atoms with Crippen LogP contribution in [0.1, 0.15) is 28.9 Å². The van der Waals surface area contributed by atoms with Crippen LogP contribution in [0.2, 0.25) is 0 Å². The van der Waals surface area contributed by atoms with Crippen LogP contribution >= 0.6 is 0 Å². The van der Waals surface area contributed by atoms with Crippen LogP contribution < -0.4 is 21.1 Å². The number of carbonyl (C=O) groups excluding carboxylic acids is 3. The van der Waals surface area contributed by atoms with Gasteiger partial charge in [0.15, 0.2) is 0 Å². The Bertz CT molecular complexity index is 787. The minimum Gasteiger partial charge on any atom is -0.497 e. The molecule has 7 heteroatoms. The van der Waals surface area contributed by atoms with E-state index in [0.29, 0.717) is 5.75 Å². The van der Waals surface area contributed by atoms with Gasteiger partial charge in [-0.2, -0.15) is 0 Å². The number of nitrogens with two attached hydrogens (primary N) is 1. The number of amides is 3. The lowest BCUT2D eigenvalue weighted by Gasteiger charge is -2.14. The molecule has 0 radical (unpaired) electrons. The highest BCUT2D eigenvalue weighted by atomic mass is 16.5. The molecule has 3 amide bonds. The normalized spacial score (nSPS) is 11.3. The third kappa shape index (κ3) is 4.57. The number of nitrogens with one attached hydrogen (secondary N) is 2. The topological polar surface area (TPSA) is 111 Å². The quantitative estimate of drug-likeness (QED) is 0.575. The number of hydrogen-bond donors (Lipinski definition) is 3. The van der Waals surface area contributed by atoms with Crippen molar-refractivity contribution in [2.75, 3.05) is 12.8 Å². The van der Waals surface area contributed by atoms with E-state index in [9.17, 15) is 14.4 Å². The fourth-order valence-corrected chi connectivity index (χ4v) is 2.17. The molecule has 0 heterocycles. The van der Waals surface area contributed by atoms with Gasteiger partial charge < -0.3 is 15.8 Å². The minimum absolute atomic E-state index is 0.131. The number of anilines is 1. The Morgan fingerprint density at radius 2 is 1.64 bits per heavy atom. The van der Waals surface area contributed by atoms with Crippen molar-refractivity contribution in [2.24, 2.45) is 0 Å². The highest BCUT2D eigenvalue weighted by molar-refractivity contribution is 6.38. The maximum absolute atomic E-state index is 12.0. The Labute approximate surface area is 145 Å². The average Bonchev–Trinajstić information content (AvgIpc) is 2.61. The molecule has 2 aromatic rings. The molecule has 7 nitrogen and oxygen atoms in total. The zero-order valence-electron chi connectivity index (χ0n) is 13.9. The zero-order chi connectivity index (χ0) is 18.4. The minimum atomic E-state index is -1.05. The maximum atomic E-state index is 12.0. The zero-order valence-corrected chi connectivity index (χ0v) is 13.9. The summed E-state index contributed by atoms with van der Waals surface area (Å²) in [5.74, 6) is -2.00. The monoisotopic (exact) mass is 341 g/mol. The van der Waals surface area contributed by atoms with Crippen LogP contribution in [0.15, 0.2) is 48.5 Å². The molecular formula is C18H19N3O4. The highest BCUT2D eigenvalue weighted by Crippen LogP contribution is 2.17. The number of hydrogen-bond acceptors (Lipinski definition) is 5. The van der Waals surface area contributed by atoms with Crippen LogP contribution in [0.5, 0.6) is 5.75 Å². The Hall–Kier alpha value is -3.35. The molecule has 0 aliphatic heterocycles. The molecular weight excluding hydrogens is 322 g/mol. The molecule has 4 N–H and O–H groups in total. The van der Waals surface area contributed by atoms with Gasteiger partial charge in [0.25, 0.3) is 5.91 Å². The number of imide groups is 1. The first-order valence-electron chi connectivity index (χ1n) is 7.57. The Balaban J connectivity index is 1.96. The third-order valence-electron chi connectivity index (χ3n) is 3.60. The Kier molecular flexibility index (Phi) is 5.73. The SMILES string of the molecule is COc1ccc(C(C)NC(=O)C(=O)NC(=O)c2ccccc2N)cc1. The van der Waals surface area contributed by atoms with Crippen molar-refractivity contribution >= 4 is 23.4 Å². The van der Waals surface area contributed by atoms with E-state index < -0.39 is 23.8 Å². The van der Waals surface area contributed by atoms with E-state index in [4.69, 9.17) is 10.5 Å². The molecule has 0 aliphatic rings. The summed E-state index contributed by atoms with van der Waals surface area (Å²) in [6, 6.07) is 12.9. The number of nitrogen functional groups attached to an aromatic ring is 1. The van der Waals surface area contributed by atoms with Crippen molar-refractivity contribution in [1.29, 1.82) is 0 Å². The molecule has 0 saturated heterocycles. The second kappa shape index (κ2) is 7.96. The number of ether oxygens (including phenoxy) is 1. The number of para-hydroxylation sites is 1. The Morgan fingerprint density at radius 1 is 1.00 bits per heavy atom. The van der Waals surface area contributed by atoms with Crippen molar-refractivity contribution in [2.45, 2.75) is 13.0 Å².